The van der Waals surface area contributed by atoms with Crippen LogP contribution in [0.25, 0.3) is 10.9 Å². The molecule has 0 aliphatic heterocycles. The molecule has 0 saturated carbocycles. The fourth-order valence-electron chi connectivity index (χ4n) is 2.52. The summed E-state index contributed by atoms with van der Waals surface area (Å²) >= 11 is 0. The van der Waals surface area contributed by atoms with Gasteiger partial charge in [0, 0.05) is 25.6 Å². The van der Waals surface area contributed by atoms with E-state index in [-0.39, 0.29) is 12.3 Å². The zero-order valence-corrected chi connectivity index (χ0v) is 13.4. The predicted molar refractivity (Wildman–Crippen MR) is 84.2 cm³/mol. The predicted octanol–water partition coefficient (Wildman–Crippen LogP) is 3.04. The molecule has 2 aromatic heterocycles. The smallest absolute Gasteiger partial charge is 0.387 e. The standard InChI is InChI=1S/C16H13F2N5O2/c1-9-21-14(22-25-9)8-23(2)15-10(6-19)7-20-13-4-3-11(5-12(13)15)24-16(17)18/h3-5,7,16H,8H2,1-2H3. The molecule has 1 aromatic carbocycles. The average molecular weight is 345 g/mol. The Morgan fingerprint density at radius 1 is 1.40 bits per heavy atom. The lowest BCUT2D eigenvalue weighted by Gasteiger charge is -2.21. The van der Waals surface area contributed by atoms with Crippen LogP contribution in [0.4, 0.5) is 14.5 Å². The lowest BCUT2D eigenvalue weighted by Crippen LogP contribution is -2.19. The second kappa shape index (κ2) is 6.68. The lowest BCUT2D eigenvalue weighted by atomic mass is 10.1. The van der Waals surface area contributed by atoms with Crippen molar-refractivity contribution in [2.75, 3.05) is 11.9 Å². The van der Waals surface area contributed by atoms with Gasteiger partial charge in [-0.3, -0.25) is 4.98 Å². The molecular formula is C16H13F2N5O2. The average Bonchev–Trinajstić information content (AvgIpc) is 2.97. The van der Waals surface area contributed by atoms with Gasteiger partial charge in [-0.25, -0.2) is 0 Å². The highest BCUT2D eigenvalue weighted by Crippen LogP contribution is 2.32. The molecule has 0 bridgehead atoms. The third-order valence-corrected chi connectivity index (χ3v) is 3.49. The summed E-state index contributed by atoms with van der Waals surface area (Å²) in [7, 11) is 1.74. The number of alkyl halides is 2. The van der Waals surface area contributed by atoms with Crippen LogP contribution in [0.3, 0.4) is 0 Å². The summed E-state index contributed by atoms with van der Waals surface area (Å²) in [5, 5.41) is 13.7. The van der Waals surface area contributed by atoms with Gasteiger partial charge >= 0.3 is 6.61 Å². The van der Waals surface area contributed by atoms with Crippen molar-refractivity contribution in [1.29, 1.82) is 5.26 Å². The first-order chi connectivity index (χ1) is 12.0. The number of benzene rings is 1. The van der Waals surface area contributed by atoms with Crippen molar-refractivity contribution >= 4 is 16.6 Å². The van der Waals surface area contributed by atoms with Crippen LogP contribution < -0.4 is 9.64 Å². The SMILES string of the molecule is Cc1nc(CN(C)c2c(C#N)cnc3ccc(OC(F)F)cc23)no1. The molecule has 3 aromatic rings. The second-order valence-corrected chi connectivity index (χ2v) is 5.28. The fraction of sp³-hybridized carbons (Fsp3) is 0.250. The van der Waals surface area contributed by atoms with Crippen LogP contribution in [-0.2, 0) is 6.54 Å². The molecular weight excluding hydrogens is 332 g/mol. The quantitative estimate of drug-likeness (QED) is 0.702. The lowest BCUT2D eigenvalue weighted by molar-refractivity contribution is -0.0497. The third kappa shape index (κ3) is 3.47. The van der Waals surface area contributed by atoms with E-state index in [2.05, 4.69) is 25.9 Å². The summed E-state index contributed by atoms with van der Waals surface area (Å²) in [6.07, 6.45) is 1.43. The number of ether oxygens (including phenoxy) is 1. The molecule has 0 unspecified atom stereocenters. The number of aryl methyl sites for hydroxylation is 1. The Kier molecular flexibility index (Phi) is 4.43. The largest absolute Gasteiger partial charge is 0.435 e. The molecule has 0 amide bonds. The van der Waals surface area contributed by atoms with E-state index in [9.17, 15) is 14.0 Å². The van der Waals surface area contributed by atoms with Crippen LogP contribution in [0.2, 0.25) is 0 Å². The summed E-state index contributed by atoms with van der Waals surface area (Å²) in [6.45, 7) is -0.994. The van der Waals surface area contributed by atoms with E-state index in [0.29, 0.717) is 33.9 Å². The maximum atomic E-state index is 12.5. The molecule has 128 valence electrons. The molecule has 9 heteroatoms. The molecule has 2 heterocycles. The number of pyridine rings is 1. The van der Waals surface area contributed by atoms with E-state index < -0.39 is 6.61 Å². The van der Waals surface area contributed by atoms with E-state index >= 15 is 0 Å². The molecule has 0 aliphatic rings. The molecule has 0 N–H and O–H groups in total. The summed E-state index contributed by atoms with van der Waals surface area (Å²) in [6, 6.07) is 6.46. The monoisotopic (exact) mass is 345 g/mol. The Bertz CT molecular complexity index is 951. The number of aromatic nitrogens is 3. The summed E-state index contributed by atoms with van der Waals surface area (Å²) in [4.78, 5) is 10.0. The van der Waals surface area contributed by atoms with Gasteiger partial charge in [-0.15, -0.1) is 0 Å². The van der Waals surface area contributed by atoms with Gasteiger partial charge < -0.3 is 14.2 Å². The zero-order chi connectivity index (χ0) is 18.0. The van der Waals surface area contributed by atoms with E-state index in [4.69, 9.17) is 4.52 Å². The van der Waals surface area contributed by atoms with Gasteiger partial charge in [0.05, 0.1) is 23.3 Å². The molecule has 0 aliphatic carbocycles. The highest BCUT2D eigenvalue weighted by atomic mass is 19.3. The first-order valence-electron chi connectivity index (χ1n) is 7.26. The van der Waals surface area contributed by atoms with Gasteiger partial charge in [-0.05, 0) is 18.2 Å². The molecule has 0 atom stereocenters. The number of nitriles is 1. The molecule has 7 nitrogen and oxygen atoms in total. The van der Waals surface area contributed by atoms with Crippen LogP contribution >= 0.6 is 0 Å². The third-order valence-electron chi connectivity index (χ3n) is 3.49. The number of halogens is 2. The number of fused-ring (bicyclic) bond motifs is 1. The fourth-order valence-corrected chi connectivity index (χ4v) is 2.52. The van der Waals surface area contributed by atoms with Crippen LogP contribution in [0.5, 0.6) is 5.75 Å². The Labute approximate surface area is 141 Å². The van der Waals surface area contributed by atoms with Crippen molar-refractivity contribution in [2.24, 2.45) is 0 Å². The van der Waals surface area contributed by atoms with E-state index in [1.165, 1.54) is 18.3 Å². The van der Waals surface area contributed by atoms with E-state index in [1.54, 1.807) is 24.9 Å². The van der Waals surface area contributed by atoms with Gasteiger partial charge in [0.1, 0.15) is 11.8 Å². The first kappa shape index (κ1) is 16.6. The number of nitrogens with zero attached hydrogens (tertiary/aromatic N) is 5. The summed E-state index contributed by atoms with van der Waals surface area (Å²) in [5.74, 6) is 0.856. The minimum atomic E-state index is -2.94. The Hall–Kier alpha value is -3.28. The molecule has 0 radical (unpaired) electrons. The van der Waals surface area contributed by atoms with Gasteiger partial charge in [0.25, 0.3) is 0 Å². The number of hydrogen-bond acceptors (Lipinski definition) is 7. The molecule has 0 spiro atoms. The van der Waals surface area contributed by atoms with E-state index in [0.717, 1.165) is 0 Å². The van der Waals surface area contributed by atoms with Crippen molar-refractivity contribution in [2.45, 2.75) is 20.1 Å². The van der Waals surface area contributed by atoms with E-state index in [1.807, 2.05) is 0 Å². The van der Waals surface area contributed by atoms with Crippen LogP contribution in [0.15, 0.2) is 28.9 Å². The van der Waals surface area contributed by atoms with Gasteiger partial charge in [0.15, 0.2) is 5.82 Å². The van der Waals surface area contributed by atoms with Crippen LogP contribution in [0, 0.1) is 18.3 Å². The highest BCUT2D eigenvalue weighted by molar-refractivity contribution is 5.95. The van der Waals surface area contributed by atoms with Crippen molar-refractivity contribution in [3.63, 3.8) is 0 Å². The minimum Gasteiger partial charge on any atom is -0.435 e. The van der Waals surface area contributed by atoms with Crippen molar-refractivity contribution in [3.05, 3.63) is 41.7 Å². The molecule has 0 fully saturated rings. The van der Waals surface area contributed by atoms with Crippen molar-refractivity contribution < 1.29 is 18.0 Å². The highest BCUT2D eigenvalue weighted by Gasteiger charge is 2.17. The summed E-state index contributed by atoms with van der Waals surface area (Å²) < 4.78 is 34.4. The first-order valence-corrected chi connectivity index (χ1v) is 7.26. The number of rotatable bonds is 5. The van der Waals surface area contributed by atoms with Crippen molar-refractivity contribution in [1.82, 2.24) is 15.1 Å². The van der Waals surface area contributed by atoms with Crippen LogP contribution in [0.1, 0.15) is 17.3 Å². The molecule has 3 rings (SSSR count). The maximum absolute atomic E-state index is 12.5. The van der Waals surface area contributed by atoms with Gasteiger partial charge in [0.2, 0.25) is 5.89 Å². The topological polar surface area (TPSA) is 88.1 Å². The normalized spacial score (nSPS) is 10.9. The Morgan fingerprint density at radius 3 is 2.84 bits per heavy atom. The van der Waals surface area contributed by atoms with Crippen LogP contribution in [-0.4, -0.2) is 28.8 Å². The zero-order valence-electron chi connectivity index (χ0n) is 13.4. The number of hydrogen-bond donors (Lipinski definition) is 0. The maximum Gasteiger partial charge on any atom is 0.387 e. The second-order valence-electron chi connectivity index (χ2n) is 5.28. The number of anilines is 1. The summed E-state index contributed by atoms with van der Waals surface area (Å²) in [5.41, 5.74) is 1.37. The van der Waals surface area contributed by atoms with Crippen molar-refractivity contribution in [3.8, 4) is 11.8 Å². The molecule has 25 heavy (non-hydrogen) atoms. The minimum absolute atomic E-state index is 0.00977. The van der Waals surface area contributed by atoms with Gasteiger partial charge in [-0.2, -0.15) is 19.0 Å². The molecule has 0 saturated heterocycles. The van der Waals surface area contributed by atoms with Gasteiger partial charge in [-0.1, -0.05) is 5.16 Å². The Morgan fingerprint density at radius 2 is 2.20 bits per heavy atom. The Balaban J connectivity index is 2.08.